The summed E-state index contributed by atoms with van der Waals surface area (Å²) in [6, 6.07) is 14.2. The van der Waals surface area contributed by atoms with Crippen molar-refractivity contribution in [1.29, 1.82) is 0 Å². The molecule has 0 radical (unpaired) electrons. The molecule has 2 aliphatic rings. The molecule has 2 aliphatic heterocycles. The third-order valence-corrected chi connectivity index (χ3v) is 6.81. The summed E-state index contributed by atoms with van der Waals surface area (Å²) in [6.07, 6.45) is 4.71. The largest absolute Gasteiger partial charge is 0.388 e. The van der Waals surface area contributed by atoms with Crippen molar-refractivity contribution in [2.45, 2.75) is 43.6 Å². The molecule has 6 heteroatoms. The van der Waals surface area contributed by atoms with Crippen LogP contribution in [0.15, 0.2) is 48.7 Å². The van der Waals surface area contributed by atoms with E-state index in [4.69, 9.17) is 5.73 Å². The van der Waals surface area contributed by atoms with Crippen LogP contribution in [-0.4, -0.2) is 59.2 Å². The van der Waals surface area contributed by atoms with Crippen molar-refractivity contribution in [2.75, 3.05) is 37.6 Å². The summed E-state index contributed by atoms with van der Waals surface area (Å²) in [5.74, 6) is -0.327. The lowest BCUT2D eigenvalue weighted by atomic mass is 9.75. The second-order valence-corrected chi connectivity index (χ2v) is 9.02. The fraction of sp³-hybridized carbons (Fsp3) is 0.500. The molecule has 2 aromatic rings. The number of rotatable bonds is 5. The first kappa shape index (κ1) is 20.8. The molecule has 0 saturated carbocycles. The van der Waals surface area contributed by atoms with Crippen molar-refractivity contribution in [1.82, 2.24) is 9.88 Å². The Morgan fingerprint density at radius 2 is 1.83 bits per heavy atom. The van der Waals surface area contributed by atoms with Crippen molar-refractivity contribution in [3.63, 3.8) is 0 Å². The van der Waals surface area contributed by atoms with Gasteiger partial charge in [0.2, 0.25) is 5.91 Å². The number of primary amides is 1. The molecule has 1 aromatic heterocycles. The minimum absolute atomic E-state index is 0.327. The minimum Gasteiger partial charge on any atom is -0.388 e. The molecule has 0 spiro atoms. The third-order valence-electron chi connectivity index (χ3n) is 6.81. The van der Waals surface area contributed by atoms with Gasteiger partial charge in [-0.25, -0.2) is 0 Å². The lowest BCUT2D eigenvalue weighted by Crippen LogP contribution is -2.58. The second-order valence-electron chi connectivity index (χ2n) is 9.02. The summed E-state index contributed by atoms with van der Waals surface area (Å²) in [6.45, 7) is 5.70. The van der Waals surface area contributed by atoms with Gasteiger partial charge in [-0.05, 0) is 63.4 Å². The zero-order chi connectivity index (χ0) is 21.2. The van der Waals surface area contributed by atoms with Gasteiger partial charge < -0.3 is 15.7 Å². The standard InChI is InChI=1S/C24H32N4O2/c1-19-6-8-20(9-7-19)28-15-11-23(30,12-16-28)17-27-14-4-10-24(18-27,22(25)29)21-5-2-3-13-26-21/h2-3,5-9,13,30H,4,10-12,14-18H2,1H3,(H2,25,29)/t24-/m0/s1. The number of hydrogen-bond acceptors (Lipinski definition) is 5. The Bertz CT molecular complexity index is 863. The Morgan fingerprint density at radius 1 is 1.10 bits per heavy atom. The van der Waals surface area contributed by atoms with E-state index in [0.717, 1.165) is 31.7 Å². The highest BCUT2D eigenvalue weighted by Gasteiger charge is 2.45. The number of pyridine rings is 1. The molecule has 3 heterocycles. The number of hydrogen-bond donors (Lipinski definition) is 2. The molecular weight excluding hydrogens is 376 g/mol. The zero-order valence-electron chi connectivity index (χ0n) is 17.8. The van der Waals surface area contributed by atoms with Crippen molar-refractivity contribution < 1.29 is 9.90 Å². The average Bonchev–Trinajstić information content (AvgIpc) is 2.75. The van der Waals surface area contributed by atoms with E-state index in [0.29, 0.717) is 32.4 Å². The van der Waals surface area contributed by atoms with Gasteiger partial charge in [-0.1, -0.05) is 23.8 Å². The van der Waals surface area contributed by atoms with Gasteiger partial charge in [-0.3, -0.25) is 14.7 Å². The molecule has 0 bridgehead atoms. The van der Waals surface area contributed by atoms with Crippen molar-refractivity contribution in [3.8, 4) is 0 Å². The van der Waals surface area contributed by atoms with Gasteiger partial charge in [-0.2, -0.15) is 0 Å². The zero-order valence-corrected chi connectivity index (χ0v) is 17.8. The molecule has 3 N–H and O–H groups in total. The maximum atomic E-state index is 12.5. The number of aryl methyl sites for hydroxylation is 1. The van der Waals surface area contributed by atoms with E-state index in [-0.39, 0.29) is 5.91 Å². The van der Waals surface area contributed by atoms with E-state index in [9.17, 15) is 9.90 Å². The first-order valence-corrected chi connectivity index (χ1v) is 10.9. The molecular formula is C24H32N4O2. The number of carbonyl (C=O) groups excluding carboxylic acids is 1. The smallest absolute Gasteiger partial charge is 0.230 e. The summed E-state index contributed by atoms with van der Waals surface area (Å²) >= 11 is 0. The van der Waals surface area contributed by atoms with Crippen LogP contribution in [-0.2, 0) is 10.2 Å². The number of benzene rings is 1. The Balaban J connectivity index is 1.42. The summed E-state index contributed by atoms with van der Waals surface area (Å²) < 4.78 is 0. The maximum absolute atomic E-state index is 12.5. The van der Waals surface area contributed by atoms with Crippen LogP contribution in [0, 0.1) is 6.92 Å². The van der Waals surface area contributed by atoms with Crippen LogP contribution < -0.4 is 10.6 Å². The number of aromatic nitrogens is 1. The van der Waals surface area contributed by atoms with E-state index in [1.807, 2.05) is 18.2 Å². The van der Waals surface area contributed by atoms with Crippen molar-refractivity contribution in [3.05, 3.63) is 59.9 Å². The first-order valence-electron chi connectivity index (χ1n) is 10.9. The van der Waals surface area contributed by atoms with E-state index in [1.165, 1.54) is 11.3 Å². The van der Waals surface area contributed by atoms with E-state index in [2.05, 4.69) is 46.0 Å². The highest BCUT2D eigenvalue weighted by atomic mass is 16.3. The van der Waals surface area contributed by atoms with E-state index < -0.39 is 11.0 Å². The number of likely N-dealkylation sites (tertiary alicyclic amines) is 1. The predicted octanol–water partition coefficient (Wildman–Crippen LogP) is 2.24. The Labute approximate surface area is 178 Å². The fourth-order valence-corrected chi connectivity index (χ4v) is 4.97. The second kappa shape index (κ2) is 8.36. The van der Waals surface area contributed by atoms with E-state index >= 15 is 0 Å². The van der Waals surface area contributed by atoms with Gasteiger partial charge >= 0.3 is 0 Å². The maximum Gasteiger partial charge on any atom is 0.230 e. The molecule has 2 saturated heterocycles. The number of nitrogens with two attached hydrogens (primary N) is 1. The molecule has 6 nitrogen and oxygen atoms in total. The lowest BCUT2D eigenvalue weighted by Gasteiger charge is -2.46. The van der Waals surface area contributed by atoms with Crippen LogP contribution in [0.3, 0.4) is 0 Å². The van der Waals surface area contributed by atoms with Gasteiger partial charge in [0.15, 0.2) is 0 Å². The SMILES string of the molecule is Cc1ccc(N2CCC(O)(CN3CCC[C@@](C(N)=O)(c4ccccn4)C3)CC2)cc1. The number of anilines is 1. The Kier molecular flexibility index (Phi) is 5.80. The van der Waals surface area contributed by atoms with Gasteiger partial charge in [0, 0.05) is 38.1 Å². The van der Waals surface area contributed by atoms with Crippen molar-refractivity contribution in [2.24, 2.45) is 5.73 Å². The van der Waals surface area contributed by atoms with Crippen LogP contribution in [0.25, 0.3) is 0 Å². The van der Waals surface area contributed by atoms with Crippen molar-refractivity contribution >= 4 is 11.6 Å². The number of aliphatic hydroxyl groups is 1. The van der Waals surface area contributed by atoms with Crippen LogP contribution in [0.2, 0.25) is 0 Å². The van der Waals surface area contributed by atoms with Crippen LogP contribution in [0.5, 0.6) is 0 Å². The van der Waals surface area contributed by atoms with Crippen LogP contribution >= 0.6 is 0 Å². The molecule has 2 fully saturated rings. The van der Waals surface area contributed by atoms with Gasteiger partial charge in [-0.15, -0.1) is 0 Å². The fourth-order valence-electron chi connectivity index (χ4n) is 4.97. The van der Waals surface area contributed by atoms with Gasteiger partial charge in [0.1, 0.15) is 5.41 Å². The Morgan fingerprint density at radius 3 is 2.47 bits per heavy atom. The third kappa shape index (κ3) is 4.20. The quantitative estimate of drug-likeness (QED) is 0.793. The summed E-state index contributed by atoms with van der Waals surface area (Å²) in [5, 5.41) is 11.3. The van der Waals surface area contributed by atoms with E-state index in [1.54, 1.807) is 6.20 Å². The molecule has 4 rings (SSSR count). The van der Waals surface area contributed by atoms with Gasteiger partial charge in [0.05, 0.1) is 11.3 Å². The summed E-state index contributed by atoms with van der Waals surface area (Å²) in [4.78, 5) is 21.5. The molecule has 1 amide bonds. The number of carbonyl (C=O) groups is 1. The highest BCUT2D eigenvalue weighted by Crippen LogP contribution is 2.35. The number of β-amino-alcohol motifs (C(OH)–C–C–N with tert-alkyl or cyclic N) is 1. The molecule has 1 atom stereocenters. The Hall–Kier alpha value is -2.44. The molecule has 160 valence electrons. The summed E-state index contributed by atoms with van der Waals surface area (Å²) in [7, 11) is 0. The van der Waals surface area contributed by atoms with Crippen LogP contribution in [0.1, 0.15) is 36.9 Å². The monoisotopic (exact) mass is 408 g/mol. The minimum atomic E-state index is -0.779. The molecule has 30 heavy (non-hydrogen) atoms. The number of nitrogens with zero attached hydrogens (tertiary/aromatic N) is 3. The first-order chi connectivity index (χ1) is 14.4. The highest BCUT2D eigenvalue weighted by molar-refractivity contribution is 5.86. The molecule has 0 unspecified atom stereocenters. The predicted molar refractivity (Wildman–Crippen MR) is 118 cm³/mol. The molecule has 0 aliphatic carbocycles. The van der Waals surface area contributed by atoms with Crippen LogP contribution in [0.4, 0.5) is 5.69 Å². The lowest BCUT2D eigenvalue weighted by molar-refractivity contribution is -0.126. The summed E-state index contributed by atoms with van der Waals surface area (Å²) in [5.41, 5.74) is 7.56. The average molecular weight is 409 g/mol. The normalized spacial score (nSPS) is 24.5. The number of amides is 1. The topological polar surface area (TPSA) is 82.7 Å². The van der Waals surface area contributed by atoms with Gasteiger partial charge in [0.25, 0.3) is 0 Å². The number of piperidine rings is 2. The molecule has 1 aromatic carbocycles.